The second-order valence-electron chi connectivity index (χ2n) is 8.69. The molecule has 3 unspecified atom stereocenters. The third kappa shape index (κ3) is 4.00. The zero-order chi connectivity index (χ0) is 17.8. The fourth-order valence-electron chi connectivity index (χ4n) is 5.47. The normalized spacial score (nSPS) is 37.9. The molecule has 3 heteroatoms. The lowest BCUT2D eigenvalue weighted by Crippen LogP contribution is -2.52. The summed E-state index contributed by atoms with van der Waals surface area (Å²) in [7, 11) is 0. The van der Waals surface area contributed by atoms with Crippen molar-refractivity contribution in [1.82, 2.24) is 0 Å². The average molecular weight is 359 g/mol. The van der Waals surface area contributed by atoms with E-state index in [4.69, 9.17) is 14.2 Å². The molecule has 0 N–H and O–H groups in total. The van der Waals surface area contributed by atoms with Gasteiger partial charge >= 0.3 is 0 Å². The van der Waals surface area contributed by atoms with Gasteiger partial charge in [0.25, 0.3) is 0 Å². The van der Waals surface area contributed by atoms with E-state index in [1.54, 1.807) is 0 Å². The van der Waals surface area contributed by atoms with Gasteiger partial charge in [-0.2, -0.15) is 0 Å². The molecule has 5 atom stereocenters. The fraction of sp³-hybridized carbons (Fsp3) is 0.739. The van der Waals surface area contributed by atoms with Crippen LogP contribution in [0, 0.1) is 11.3 Å². The van der Waals surface area contributed by atoms with Gasteiger partial charge in [-0.05, 0) is 61.8 Å². The van der Waals surface area contributed by atoms with Crippen LogP contribution in [-0.4, -0.2) is 25.1 Å². The molecule has 144 valence electrons. The Balaban J connectivity index is 1.41. The SMILES string of the molecule is CC12CCC[C@@H](OCc3ccccc3)[C@@H]1CCCC2OC1CCCCO1. The standard InChI is InChI=1S/C23H34O3/c1-23-15-8-12-20(25-17-18-9-3-2-4-10-18)19(23)11-7-13-21(23)26-22-14-5-6-16-24-22/h2-4,9-10,19-22H,5-8,11-17H2,1H3/t19-,20+,21?,22?,23?/m0/s1. The van der Waals surface area contributed by atoms with Gasteiger partial charge in [0.15, 0.2) is 6.29 Å². The predicted molar refractivity (Wildman–Crippen MR) is 103 cm³/mol. The highest BCUT2D eigenvalue weighted by atomic mass is 16.7. The minimum atomic E-state index is 0.0231. The molecule has 1 heterocycles. The maximum absolute atomic E-state index is 6.54. The summed E-state index contributed by atoms with van der Waals surface area (Å²) in [5.74, 6) is 0.613. The fourth-order valence-corrected chi connectivity index (χ4v) is 5.47. The Kier molecular flexibility index (Phi) is 5.97. The molecule has 4 rings (SSSR count). The Bertz CT molecular complexity index is 554. The molecule has 1 aromatic rings. The van der Waals surface area contributed by atoms with Crippen LogP contribution >= 0.6 is 0 Å². The Labute approximate surface area is 158 Å². The molecule has 0 bridgehead atoms. The number of ether oxygens (including phenoxy) is 3. The van der Waals surface area contributed by atoms with Crippen LogP contribution < -0.4 is 0 Å². The topological polar surface area (TPSA) is 27.7 Å². The molecule has 3 nitrogen and oxygen atoms in total. The van der Waals surface area contributed by atoms with Gasteiger partial charge in [0.05, 0.1) is 18.8 Å². The maximum atomic E-state index is 6.54. The summed E-state index contributed by atoms with van der Waals surface area (Å²) in [5, 5.41) is 0. The molecule has 0 aromatic heterocycles. The van der Waals surface area contributed by atoms with Gasteiger partial charge in [0.1, 0.15) is 0 Å². The molecule has 26 heavy (non-hydrogen) atoms. The van der Waals surface area contributed by atoms with Gasteiger partial charge in [0.2, 0.25) is 0 Å². The minimum absolute atomic E-state index is 0.0231. The molecule has 2 aliphatic carbocycles. The van der Waals surface area contributed by atoms with Crippen LogP contribution in [0.15, 0.2) is 30.3 Å². The number of benzene rings is 1. The number of rotatable bonds is 5. The zero-order valence-electron chi connectivity index (χ0n) is 16.2. The van der Waals surface area contributed by atoms with Crippen LogP contribution in [-0.2, 0) is 20.8 Å². The van der Waals surface area contributed by atoms with Crippen molar-refractivity contribution in [3.8, 4) is 0 Å². The average Bonchev–Trinajstić information content (AvgIpc) is 2.68. The summed E-state index contributed by atoms with van der Waals surface area (Å²) in [6, 6.07) is 10.6. The van der Waals surface area contributed by atoms with Crippen LogP contribution in [0.25, 0.3) is 0 Å². The molecule has 1 saturated heterocycles. The van der Waals surface area contributed by atoms with Gasteiger partial charge in [-0.25, -0.2) is 0 Å². The Morgan fingerprint density at radius 1 is 1.00 bits per heavy atom. The predicted octanol–water partition coefficient (Wildman–Crippen LogP) is 5.47. The Morgan fingerprint density at radius 3 is 2.69 bits per heavy atom. The summed E-state index contributed by atoms with van der Waals surface area (Å²) in [4.78, 5) is 0. The van der Waals surface area contributed by atoms with Gasteiger partial charge in [-0.3, -0.25) is 0 Å². The lowest BCUT2D eigenvalue weighted by Gasteiger charge is -2.53. The van der Waals surface area contributed by atoms with E-state index in [2.05, 4.69) is 37.3 Å². The summed E-state index contributed by atoms with van der Waals surface area (Å²) in [5.41, 5.74) is 1.51. The van der Waals surface area contributed by atoms with Crippen LogP contribution in [0.5, 0.6) is 0 Å². The first kappa shape index (κ1) is 18.5. The number of hydrogen-bond acceptors (Lipinski definition) is 3. The largest absolute Gasteiger partial charge is 0.373 e. The van der Waals surface area contributed by atoms with Crippen molar-refractivity contribution in [3.63, 3.8) is 0 Å². The van der Waals surface area contributed by atoms with E-state index in [-0.39, 0.29) is 11.7 Å². The first-order valence-electron chi connectivity index (χ1n) is 10.7. The molecule has 3 aliphatic rings. The van der Waals surface area contributed by atoms with Crippen LogP contribution in [0.3, 0.4) is 0 Å². The van der Waals surface area contributed by atoms with E-state index in [0.29, 0.717) is 18.1 Å². The number of fused-ring (bicyclic) bond motifs is 1. The first-order chi connectivity index (χ1) is 12.8. The minimum Gasteiger partial charge on any atom is -0.373 e. The maximum Gasteiger partial charge on any atom is 0.157 e. The quantitative estimate of drug-likeness (QED) is 0.698. The van der Waals surface area contributed by atoms with Crippen molar-refractivity contribution < 1.29 is 14.2 Å². The highest BCUT2D eigenvalue weighted by molar-refractivity contribution is 5.13. The molecule has 1 aromatic carbocycles. The number of hydrogen-bond donors (Lipinski definition) is 0. The second kappa shape index (κ2) is 8.41. The molecule has 0 spiro atoms. The summed E-state index contributed by atoms with van der Waals surface area (Å²) < 4.78 is 18.9. The second-order valence-corrected chi connectivity index (χ2v) is 8.69. The Hall–Kier alpha value is -0.900. The summed E-state index contributed by atoms with van der Waals surface area (Å²) >= 11 is 0. The molecular weight excluding hydrogens is 324 g/mol. The third-order valence-corrected chi connectivity index (χ3v) is 6.98. The molecule has 0 amide bonds. The van der Waals surface area contributed by atoms with E-state index < -0.39 is 0 Å². The van der Waals surface area contributed by atoms with E-state index in [0.717, 1.165) is 19.6 Å². The molecule has 0 radical (unpaired) electrons. The highest BCUT2D eigenvalue weighted by Gasteiger charge is 2.50. The van der Waals surface area contributed by atoms with Crippen molar-refractivity contribution in [2.45, 2.75) is 89.8 Å². The highest BCUT2D eigenvalue weighted by Crippen LogP contribution is 2.52. The van der Waals surface area contributed by atoms with Crippen molar-refractivity contribution in [3.05, 3.63) is 35.9 Å². The van der Waals surface area contributed by atoms with Crippen molar-refractivity contribution in [2.75, 3.05) is 6.61 Å². The van der Waals surface area contributed by atoms with E-state index in [9.17, 15) is 0 Å². The van der Waals surface area contributed by atoms with Crippen LogP contribution in [0.4, 0.5) is 0 Å². The third-order valence-electron chi connectivity index (χ3n) is 6.98. The molecule has 1 aliphatic heterocycles. The lowest BCUT2D eigenvalue weighted by atomic mass is 9.58. The van der Waals surface area contributed by atoms with Crippen molar-refractivity contribution in [1.29, 1.82) is 0 Å². The Morgan fingerprint density at radius 2 is 1.88 bits per heavy atom. The first-order valence-corrected chi connectivity index (χ1v) is 10.7. The zero-order valence-corrected chi connectivity index (χ0v) is 16.2. The lowest BCUT2D eigenvalue weighted by molar-refractivity contribution is -0.240. The van der Waals surface area contributed by atoms with Crippen LogP contribution in [0.2, 0.25) is 0 Å². The van der Waals surface area contributed by atoms with Crippen molar-refractivity contribution in [2.24, 2.45) is 11.3 Å². The van der Waals surface area contributed by atoms with Crippen molar-refractivity contribution >= 4 is 0 Å². The van der Waals surface area contributed by atoms with Gasteiger partial charge < -0.3 is 14.2 Å². The van der Waals surface area contributed by atoms with Gasteiger partial charge in [-0.1, -0.05) is 50.1 Å². The van der Waals surface area contributed by atoms with Crippen LogP contribution in [0.1, 0.15) is 70.3 Å². The van der Waals surface area contributed by atoms with Gasteiger partial charge in [0, 0.05) is 6.61 Å². The molecule has 2 saturated carbocycles. The monoisotopic (exact) mass is 358 g/mol. The van der Waals surface area contributed by atoms with E-state index >= 15 is 0 Å². The van der Waals surface area contributed by atoms with E-state index in [1.165, 1.54) is 56.9 Å². The van der Waals surface area contributed by atoms with E-state index in [1.807, 2.05) is 0 Å². The summed E-state index contributed by atoms with van der Waals surface area (Å²) in [6.07, 6.45) is 11.6. The smallest absolute Gasteiger partial charge is 0.157 e. The summed E-state index contributed by atoms with van der Waals surface area (Å²) in [6.45, 7) is 4.05. The van der Waals surface area contributed by atoms with Gasteiger partial charge in [-0.15, -0.1) is 0 Å². The molecule has 3 fully saturated rings. The molecular formula is C23H34O3.